The van der Waals surface area contributed by atoms with E-state index in [1.54, 1.807) is 36.7 Å². The predicted octanol–water partition coefficient (Wildman–Crippen LogP) is 2.49. The van der Waals surface area contributed by atoms with E-state index in [4.69, 9.17) is 11.6 Å². The Balaban J connectivity index is 1.32. The molecule has 1 aromatic carbocycles. The lowest BCUT2D eigenvalue weighted by Crippen LogP contribution is -2.52. The van der Waals surface area contributed by atoms with E-state index in [1.165, 1.54) is 4.90 Å². The second-order valence-electron chi connectivity index (χ2n) is 7.97. The second-order valence-corrected chi connectivity index (χ2v) is 8.41. The number of hydrogen-bond acceptors (Lipinski definition) is 5. The lowest BCUT2D eigenvalue weighted by Gasteiger charge is -2.34. The minimum absolute atomic E-state index is 0.0458. The smallest absolute Gasteiger partial charge is 0.322 e. The molecule has 0 aliphatic carbocycles. The maximum atomic E-state index is 12.9. The van der Waals surface area contributed by atoms with Gasteiger partial charge in [0.05, 0.1) is 6.10 Å². The minimum Gasteiger partial charge on any atom is -0.391 e. The number of nitrogens with zero attached hydrogens (tertiary/aromatic N) is 3. The number of carbonyl (C=O) groups is 2. The van der Waals surface area contributed by atoms with Crippen molar-refractivity contribution in [3.05, 3.63) is 53.8 Å². The summed E-state index contributed by atoms with van der Waals surface area (Å²) in [4.78, 5) is 33.4. The number of halogens is 1. The van der Waals surface area contributed by atoms with Gasteiger partial charge in [-0.1, -0.05) is 11.6 Å². The number of carbonyl (C=O) groups excluding carboxylic acids is 2. The first-order chi connectivity index (χ1) is 15.0. The van der Waals surface area contributed by atoms with Gasteiger partial charge in [-0.3, -0.25) is 9.78 Å². The first-order valence-electron chi connectivity index (χ1n) is 10.5. The number of β-amino-alcohol motifs (C(OH)–C–C–N with tert-alkyl or cyclic N) is 1. The summed E-state index contributed by atoms with van der Waals surface area (Å²) in [7, 11) is 0. The van der Waals surface area contributed by atoms with Crippen LogP contribution in [0.4, 0.5) is 16.2 Å². The van der Waals surface area contributed by atoms with E-state index in [2.05, 4.69) is 20.5 Å². The molecule has 0 radical (unpaired) electrons. The Labute approximate surface area is 186 Å². The number of aliphatic hydroxyl groups excluding tert-OH is 1. The van der Waals surface area contributed by atoms with Gasteiger partial charge in [-0.25, -0.2) is 4.79 Å². The van der Waals surface area contributed by atoms with Crippen molar-refractivity contribution >= 4 is 34.9 Å². The highest BCUT2D eigenvalue weighted by molar-refractivity contribution is 6.30. The van der Waals surface area contributed by atoms with Crippen LogP contribution >= 0.6 is 11.6 Å². The minimum atomic E-state index is -0.722. The quantitative estimate of drug-likeness (QED) is 0.674. The van der Waals surface area contributed by atoms with Gasteiger partial charge in [-0.05, 0) is 49.2 Å². The molecule has 3 heterocycles. The number of hydrogen-bond donors (Lipinski definition) is 3. The van der Waals surface area contributed by atoms with Gasteiger partial charge in [-0.15, -0.1) is 0 Å². The highest BCUT2D eigenvalue weighted by Crippen LogP contribution is 2.23. The summed E-state index contributed by atoms with van der Waals surface area (Å²) in [6.07, 6.45) is 4.70. The SMILES string of the molecule is O=C(NC1CCN(c2ccncc2)CC1)[C@H]1C[C@@H](O)CN1C(=O)Nc1ccc(Cl)cc1. The van der Waals surface area contributed by atoms with Crippen molar-refractivity contribution in [3.63, 3.8) is 0 Å². The molecule has 0 saturated carbocycles. The number of amides is 3. The highest BCUT2D eigenvalue weighted by atomic mass is 35.5. The van der Waals surface area contributed by atoms with Gasteiger partial charge in [0.15, 0.2) is 0 Å². The van der Waals surface area contributed by atoms with Gasteiger partial charge in [0.2, 0.25) is 5.91 Å². The molecule has 0 spiro atoms. The normalized spacial score (nSPS) is 21.7. The van der Waals surface area contributed by atoms with Crippen LogP contribution in [0.1, 0.15) is 19.3 Å². The monoisotopic (exact) mass is 443 g/mol. The molecule has 0 unspecified atom stereocenters. The fraction of sp³-hybridized carbons (Fsp3) is 0.409. The van der Waals surface area contributed by atoms with Crippen molar-refractivity contribution in [1.29, 1.82) is 0 Å². The van der Waals surface area contributed by atoms with Crippen molar-refractivity contribution < 1.29 is 14.7 Å². The maximum Gasteiger partial charge on any atom is 0.322 e. The Morgan fingerprint density at radius 2 is 1.74 bits per heavy atom. The summed E-state index contributed by atoms with van der Waals surface area (Å²) in [5.74, 6) is -0.217. The molecule has 2 fully saturated rings. The molecule has 2 aliphatic heterocycles. The number of nitrogens with one attached hydrogen (secondary N) is 2. The van der Waals surface area contributed by atoms with Gasteiger partial charge < -0.3 is 25.5 Å². The first kappa shape index (κ1) is 21.4. The van der Waals surface area contributed by atoms with E-state index in [9.17, 15) is 14.7 Å². The molecule has 164 valence electrons. The molecule has 1 aromatic heterocycles. The van der Waals surface area contributed by atoms with Gasteiger partial charge in [0, 0.05) is 60.9 Å². The van der Waals surface area contributed by atoms with Crippen LogP contribution in [0.25, 0.3) is 0 Å². The van der Waals surface area contributed by atoms with E-state index >= 15 is 0 Å². The highest BCUT2D eigenvalue weighted by Gasteiger charge is 2.39. The molecule has 2 aliphatic rings. The van der Waals surface area contributed by atoms with E-state index in [1.807, 2.05) is 12.1 Å². The molecule has 2 atom stereocenters. The third kappa shape index (κ3) is 5.26. The molecule has 0 bridgehead atoms. The van der Waals surface area contributed by atoms with Gasteiger partial charge in [0.25, 0.3) is 0 Å². The maximum absolute atomic E-state index is 12.9. The topological polar surface area (TPSA) is 97.8 Å². The summed E-state index contributed by atoms with van der Waals surface area (Å²) < 4.78 is 0. The van der Waals surface area contributed by atoms with Crippen LogP contribution in [0, 0.1) is 0 Å². The van der Waals surface area contributed by atoms with Crippen molar-refractivity contribution in [2.75, 3.05) is 29.9 Å². The van der Waals surface area contributed by atoms with E-state index in [0.29, 0.717) is 10.7 Å². The molecule has 31 heavy (non-hydrogen) atoms. The summed E-state index contributed by atoms with van der Waals surface area (Å²) in [6, 6.07) is 9.65. The van der Waals surface area contributed by atoms with Crippen molar-refractivity contribution in [2.24, 2.45) is 0 Å². The zero-order valence-electron chi connectivity index (χ0n) is 17.1. The second kappa shape index (κ2) is 9.53. The largest absolute Gasteiger partial charge is 0.391 e. The first-order valence-corrected chi connectivity index (χ1v) is 10.8. The van der Waals surface area contributed by atoms with E-state index < -0.39 is 18.2 Å². The average Bonchev–Trinajstić information content (AvgIpc) is 3.18. The lowest BCUT2D eigenvalue weighted by atomic mass is 10.0. The molecule has 4 rings (SSSR count). The van der Waals surface area contributed by atoms with Crippen LogP contribution in [0.2, 0.25) is 5.02 Å². The number of aromatic nitrogens is 1. The third-order valence-corrected chi connectivity index (χ3v) is 6.06. The number of likely N-dealkylation sites (tertiary alicyclic amines) is 1. The van der Waals surface area contributed by atoms with Crippen LogP contribution in [-0.2, 0) is 4.79 Å². The zero-order chi connectivity index (χ0) is 21.8. The van der Waals surface area contributed by atoms with Crippen LogP contribution in [0.15, 0.2) is 48.8 Å². The van der Waals surface area contributed by atoms with Crippen LogP contribution < -0.4 is 15.5 Å². The zero-order valence-corrected chi connectivity index (χ0v) is 17.8. The van der Waals surface area contributed by atoms with Crippen LogP contribution in [-0.4, -0.2) is 64.8 Å². The molecule has 2 saturated heterocycles. The number of anilines is 2. The number of rotatable bonds is 4. The Morgan fingerprint density at radius 1 is 1.06 bits per heavy atom. The molecule has 2 aromatic rings. The third-order valence-electron chi connectivity index (χ3n) is 5.81. The number of aliphatic hydroxyl groups is 1. The van der Waals surface area contributed by atoms with E-state index in [-0.39, 0.29) is 24.9 Å². The van der Waals surface area contributed by atoms with Crippen molar-refractivity contribution in [2.45, 2.75) is 37.5 Å². The Hall–Kier alpha value is -2.84. The lowest BCUT2D eigenvalue weighted by molar-refractivity contribution is -0.125. The molecule has 9 heteroatoms. The van der Waals surface area contributed by atoms with E-state index in [0.717, 1.165) is 31.6 Å². The van der Waals surface area contributed by atoms with Crippen molar-refractivity contribution in [3.8, 4) is 0 Å². The average molecular weight is 444 g/mol. The molecular formula is C22H26ClN5O3. The molecular weight excluding hydrogens is 418 g/mol. The van der Waals surface area contributed by atoms with Gasteiger partial charge >= 0.3 is 6.03 Å². The summed E-state index contributed by atoms with van der Waals surface area (Å²) in [5, 5.41) is 16.5. The summed E-state index contributed by atoms with van der Waals surface area (Å²) in [6.45, 7) is 1.80. The fourth-order valence-electron chi connectivity index (χ4n) is 4.15. The molecule has 3 amide bonds. The molecule has 8 nitrogen and oxygen atoms in total. The summed E-state index contributed by atoms with van der Waals surface area (Å²) in [5.41, 5.74) is 1.71. The number of piperidine rings is 1. The van der Waals surface area contributed by atoms with Crippen LogP contribution in [0.5, 0.6) is 0 Å². The predicted molar refractivity (Wildman–Crippen MR) is 119 cm³/mol. The van der Waals surface area contributed by atoms with Gasteiger partial charge in [0.1, 0.15) is 6.04 Å². The standard InChI is InChI=1S/C22H26ClN5O3/c23-15-1-3-16(4-2-15)26-22(31)28-14-19(29)13-20(28)21(30)25-17-7-11-27(12-8-17)18-5-9-24-10-6-18/h1-6,9-10,17,19-20,29H,7-8,11-14H2,(H,25,30)(H,26,31)/t19-,20-/m1/s1. The number of urea groups is 1. The fourth-order valence-corrected chi connectivity index (χ4v) is 4.28. The Bertz CT molecular complexity index is 903. The van der Waals surface area contributed by atoms with Crippen LogP contribution in [0.3, 0.4) is 0 Å². The number of pyridine rings is 1. The van der Waals surface area contributed by atoms with Crippen molar-refractivity contribution in [1.82, 2.24) is 15.2 Å². The molecule has 3 N–H and O–H groups in total. The Kier molecular flexibility index (Phi) is 6.58. The summed E-state index contributed by atoms with van der Waals surface area (Å²) >= 11 is 5.88. The number of benzene rings is 1. The van der Waals surface area contributed by atoms with Gasteiger partial charge in [-0.2, -0.15) is 0 Å². The Morgan fingerprint density at radius 3 is 2.42 bits per heavy atom.